The van der Waals surface area contributed by atoms with Crippen molar-refractivity contribution in [1.82, 2.24) is 9.62 Å². The molecule has 2 rings (SSSR count). The highest BCUT2D eigenvalue weighted by Gasteiger charge is 2.21. The van der Waals surface area contributed by atoms with E-state index in [0.717, 1.165) is 33.6 Å². The fraction of sp³-hybridized carbons (Fsp3) is 0.316. The smallest absolute Gasteiger partial charge is 0.254 e. The number of carbonyl (C=O) groups is 1. The van der Waals surface area contributed by atoms with E-state index in [-0.39, 0.29) is 23.6 Å². The van der Waals surface area contributed by atoms with Crippen LogP contribution in [-0.2, 0) is 10.0 Å². The van der Waals surface area contributed by atoms with Crippen molar-refractivity contribution in [1.29, 1.82) is 0 Å². The lowest BCUT2D eigenvalue weighted by Crippen LogP contribution is -2.29. The predicted octanol–water partition coefficient (Wildman–Crippen LogP) is 2.50. The summed E-state index contributed by atoms with van der Waals surface area (Å²) in [5, 5.41) is 2.54. The molecule has 0 saturated heterocycles. The van der Waals surface area contributed by atoms with Gasteiger partial charge in [-0.05, 0) is 43.7 Å². The van der Waals surface area contributed by atoms with Crippen LogP contribution in [0.4, 0.5) is 4.39 Å². The Balaban J connectivity index is 2.01. The molecule has 27 heavy (non-hydrogen) atoms. The predicted molar refractivity (Wildman–Crippen MR) is 101 cm³/mol. The Morgan fingerprint density at radius 1 is 1.15 bits per heavy atom. The van der Waals surface area contributed by atoms with Crippen LogP contribution in [0.25, 0.3) is 0 Å². The zero-order valence-electron chi connectivity index (χ0n) is 15.7. The summed E-state index contributed by atoms with van der Waals surface area (Å²) in [7, 11) is -1.03. The van der Waals surface area contributed by atoms with Crippen molar-refractivity contribution in [3.8, 4) is 5.75 Å². The number of hydrogen-bond acceptors (Lipinski definition) is 4. The number of ether oxygens (including phenoxy) is 1. The second kappa shape index (κ2) is 8.49. The molecule has 0 aromatic heterocycles. The molecule has 1 N–H and O–H groups in total. The van der Waals surface area contributed by atoms with Gasteiger partial charge in [0.15, 0.2) is 0 Å². The van der Waals surface area contributed by atoms with Gasteiger partial charge in [0.2, 0.25) is 10.0 Å². The Morgan fingerprint density at radius 3 is 2.48 bits per heavy atom. The number of nitrogens with one attached hydrogen (secondary N) is 1. The van der Waals surface area contributed by atoms with Crippen molar-refractivity contribution in [2.45, 2.75) is 18.7 Å². The molecule has 0 atom stereocenters. The Morgan fingerprint density at radius 2 is 1.85 bits per heavy atom. The van der Waals surface area contributed by atoms with Gasteiger partial charge in [-0.1, -0.05) is 17.7 Å². The van der Waals surface area contributed by atoms with Gasteiger partial charge in [-0.2, -0.15) is 0 Å². The highest BCUT2D eigenvalue weighted by atomic mass is 32.2. The molecule has 6 nitrogen and oxygen atoms in total. The summed E-state index contributed by atoms with van der Waals surface area (Å²) in [5.74, 6) is -0.784. The van der Waals surface area contributed by atoms with Gasteiger partial charge in [-0.25, -0.2) is 17.1 Å². The first-order valence-electron chi connectivity index (χ1n) is 8.33. The third-order valence-electron chi connectivity index (χ3n) is 3.94. The van der Waals surface area contributed by atoms with E-state index in [1.165, 1.54) is 14.1 Å². The third-order valence-corrected chi connectivity index (χ3v) is 5.75. The fourth-order valence-corrected chi connectivity index (χ4v) is 3.36. The molecule has 1 amide bonds. The molecule has 2 aromatic rings. The number of hydrogen-bond donors (Lipinski definition) is 1. The first-order valence-corrected chi connectivity index (χ1v) is 9.77. The first kappa shape index (κ1) is 20.9. The van der Waals surface area contributed by atoms with Crippen molar-refractivity contribution in [2.24, 2.45) is 0 Å². The Labute approximate surface area is 159 Å². The van der Waals surface area contributed by atoms with Crippen LogP contribution < -0.4 is 10.1 Å². The van der Waals surface area contributed by atoms with Crippen molar-refractivity contribution < 1.29 is 22.3 Å². The zero-order valence-corrected chi connectivity index (χ0v) is 16.6. The maximum atomic E-state index is 14.0. The monoisotopic (exact) mass is 394 g/mol. The van der Waals surface area contributed by atoms with Gasteiger partial charge in [-0.3, -0.25) is 4.79 Å². The number of benzene rings is 2. The second-order valence-corrected chi connectivity index (χ2v) is 8.45. The van der Waals surface area contributed by atoms with E-state index in [1.54, 1.807) is 0 Å². The average Bonchev–Trinajstić information content (AvgIpc) is 2.60. The number of halogens is 1. The molecule has 0 radical (unpaired) electrons. The zero-order chi connectivity index (χ0) is 20.2. The quantitative estimate of drug-likeness (QED) is 0.732. The van der Waals surface area contributed by atoms with Crippen molar-refractivity contribution in [2.75, 3.05) is 27.2 Å². The van der Waals surface area contributed by atoms with Gasteiger partial charge in [-0.15, -0.1) is 0 Å². The van der Waals surface area contributed by atoms with Crippen LogP contribution in [0.15, 0.2) is 41.3 Å². The third kappa shape index (κ3) is 5.05. The van der Waals surface area contributed by atoms with Crippen LogP contribution in [0.1, 0.15) is 21.5 Å². The van der Waals surface area contributed by atoms with Gasteiger partial charge in [0.1, 0.15) is 18.2 Å². The summed E-state index contributed by atoms with van der Waals surface area (Å²) in [4.78, 5) is 12.1. The molecule has 0 fully saturated rings. The lowest BCUT2D eigenvalue weighted by molar-refractivity contribution is 0.0942. The molecule has 0 saturated carbocycles. The number of sulfonamides is 1. The Bertz CT molecular complexity index is 943. The summed E-state index contributed by atoms with van der Waals surface area (Å²) in [6, 6.07) is 8.89. The number of nitrogens with zero attached hydrogens (tertiary/aromatic N) is 1. The molecule has 0 unspecified atom stereocenters. The average molecular weight is 394 g/mol. The van der Waals surface area contributed by atoms with E-state index >= 15 is 0 Å². The molecule has 0 spiro atoms. The second-order valence-electron chi connectivity index (χ2n) is 6.30. The number of carbonyl (C=O) groups excluding carboxylic acids is 1. The normalized spacial score (nSPS) is 11.5. The Kier molecular flexibility index (Phi) is 6.56. The number of amides is 1. The van der Waals surface area contributed by atoms with Crippen LogP contribution in [0.3, 0.4) is 0 Å². The van der Waals surface area contributed by atoms with E-state index in [4.69, 9.17) is 4.74 Å². The maximum absolute atomic E-state index is 14.0. The van der Waals surface area contributed by atoms with Gasteiger partial charge in [0.05, 0.1) is 17.0 Å². The largest absolute Gasteiger partial charge is 0.491 e. The molecule has 146 valence electrons. The lowest BCUT2D eigenvalue weighted by Gasteiger charge is -2.13. The summed E-state index contributed by atoms with van der Waals surface area (Å²) >= 11 is 0. The summed E-state index contributed by atoms with van der Waals surface area (Å²) < 4.78 is 44.9. The van der Waals surface area contributed by atoms with Crippen LogP contribution in [0.2, 0.25) is 0 Å². The van der Waals surface area contributed by atoms with E-state index in [0.29, 0.717) is 5.75 Å². The summed E-state index contributed by atoms with van der Waals surface area (Å²) in [6.07, 6.45) is 0. The first-order chi connectivity index (χ1) is 12.6. The molecular formula is C19H23FN2O4S. The highest BCUT2D eigenvalue weighted by Crippen LogP contribution is 2.19. The van der Waals surface area contributed by atoms with Crippen molar-refractivity contribution >= 4 is 15.9 Å². The minimum atomic E-state index is -3.76. The van der Waals surface area contributed by atoms with Crippen LogP contribution in [0, 0.1) is 19.7 Å². The lowest BCUT2D eigenvalue weighted by atomic mass is 10.1. The van der Waals surface area contributed by atoms with E-state index < -0.39 is 21.7 Å². The Hall–Kier alpha value is -2.45. The molecule has 2 aromatic carbocycles. The minimum Gasteiger partial charge on any atom is -0.491 e. The summed E-state index contributed by atoms with van der Waals surface area (Å²) in [5.41, 5.74) is 1.77. The van der Waals surface area contributed by atoms with E-state index in [1.807, 2.05) is 32.0 Å². The fourth-order valence-electron chi connectivity index (χ4n) is 2.43. The van der Waals surface area contributed by atoms with Crippen molar-refractivity contribution in [3.63, 3.8) is 0 Å². The van der Waals surface area contributed by atoms with Crippen LogP contribution in [0.5, 0.6) is 5.75 Å². The number of aryl methyl sites for hydroxylation is 2. The van der Waals surface area contributed by atoms with Gasteiger partial charge < -0.3 is 10.1 Å². The molecule has 0 bridgehead atoms. The standard InChI is InChI=1S/C19H23FN2O4S/c1-13-5-8-18(14(2)11-13)26-10-9-21-19(23)16-12-15(6-7-17(16)20)27(24,25)22(3)4/h5-8,11-12H,9-10H2,1-4H3,(H,21,23). The molecule has 0 aliphatic carbocycles. The SMILES string of the molecule is Cc1ccc(OCCNC(=O)c2cc(S(=O)(=O)N(C)C)ccc2F)c(C)c1. The van der Waals surface area contributed by atoms with E-state index in [9.17, 15) is 17.6 Å². The molecule has 8 heteroatoms. The number of rotatable bonds is 7. The van der Waals surface area contributed by atoms with E-state index in [2.05, 4.69) is 5.32 Å². The van der Waals surface area contributed by atoms with Crippen LogP contribution in [-0.4, -0.2) is 45.9 Å². The van der Waals surface area contributed by atoms with Crippen LogP contribution >= 0.6 is 0 Å². The summed E-state index contributed by atoms with van der Waals surface area (Å²) in [6.45, 7) is 4.26. The molecule has 0 aliphatic heterocycles. The molecule has 0 heterocycles. The van der Waals surface area contributed by atoms with Gasteiger partial charge >= 0.3 is 0 Å². The van der Waals surface area contributed by atoms with Gasteiger partial charge in [0.25, 0.3) is 5.91 Å². The van der Waals surface area contributed by atoms with Gasteiger partial charge in [0, 0.05) is 14.1 Å². The topological polar surface area (TPSA) is 75.7 Å². The highest BCUT2D eigenvalue weighted by molar-refractivity contribution is 7.89. The molecule has 0 aliphatic rings. The molecular weight excluding hydrogens is 371 g/mol. The van der Waals surface area contributed by atoms with Crippen molar-refractivity contribution in [3.05, 3.63) is 58.9 Å². The maximum Gasteiger partial charge on any atom is 0.254 e. The minimum absolute atomic E-state index is 0.148.